The van der Waals surface area contributed by atoms with Crippen molar-refractivity contribution >= 4 is 22.5 Å². The Morgan fingerprint density at radius 2 is 2.04 bits per heavy atom. The molecular formula is C22H24ClN3O2. The van der Waals surface area contributed by atoms with E-state index in [4.69, 9.17) is 11.6 Å². The number of benzene rings is 1. The number of H-pyrrole nitrogens is 1. The highest BCUT2D eigenvalue weighted by atomic mass is 35.5. The van der Waals surface area contributed by atoms with Gasteiger partial charge in [-0.05, 0) is 37.0 Å². The van der Waals surface area contributed by atoms with Crippen molar-refractivity contribution in [2.45, 2.75) is 31.8 Å². The number of pyridine rings is 1. The highest BCUT2D eigenvalue weighted by Gasteiger charge is 2.40. The van der Waals surface area contributed by atoms with Crippen molar-refractivity contribution in [2.24, 2.45) is 5.92 Å². The maximum absolute atomic E-state index is 12.4. The number of aliphatic hydroxyl groups excluding tert-OH is 1. The first-order chi connectivity index (χ1) is 13.6. The number of aliphatic hydroxyl groups is 1. The van der Waals surface area contributed by atoms with E-state index in [-0.39, 0.29) is 24.1 Å². The number of hydrogen-bond acceptors (Lipinski definition) is 3. The van der Waals surface area contributed by atoms with Gasteiger partial charge in [0.2, 0.25) is 0 Å². The van der Waals surface area contributed by atoms with Crippen molar-refractivity contribution in [1.29, 1.82) is 0 Å². The summed E-state index contributed by atoms with van der Waals surface area (Å²) in [6, 6.07) is 11.3. The van der Waals surface area contributed by atoms with Crippen LogP contribution in [0.3, 0.4) is 0 Å². The third kappa shape index (κ3) is 2.72. The molecule has 0 aliphatic carbocycles. The number of aromatic amines is 1. The first-order valence-corrected chi connectivity index (χ1v) is 10.2. The molecule has 0 saturated carbocycles. The number of fused-ring (bicyclic) bond motifs is 5. The van der Waals surface area contributed by atoms with Gasteiger partial charge in [0.1, 0.15) is 0 Å². The van der Waals surface area contributed by atoms with Gasteiger partial charge in [0.15, 0.2) is 0 Å². The summed E-state index contributed by atoms with van der Waals surface area (Å²) in [5.41, 5.74) is 4.49. The summed E-state index contributed by atoms with van der Waals surface area (Å²) in [4.78, 5) is 18.4. The monoisotopic (exact) mass is 397 g/mol. The largest absolute Gasteiger partial charge is 0.394 e. The fourth-order valence-corrected chi connectivity index (χ4v) is 5.47. The van der Waals surface area contributed by atoms with Crippen LogP contribution >= 0.6 is 11.6 Å². The zero-order chi connectivity index (χ0) is 19.4. The van der Waals surface area contributed by atoms with Gasteiger partial charge >= 0.3 is 0 Å². The van der Waals surface area contributed by atoms with Crippen LogP contribution in [0.15, 0.2) is 41.2 Å². The average Bonchev–Trinajstić information content (AvgIpc) is 3.00. The molecule has 2 aromatic heterocycles. The van der Waals surface area contributed by atoms with Gasteiger partial charge in [0, 0.05) is 48.4 Å². The molecule has 2 aliphatic heterocycles. The van der Waals surface area contributed by atoms with Crippen LogP contribution in [0.5, 0.6) is 0 Å². The molecule has 2 aliphatic rings. The molecule has 0 amide bonds. The van der Waals surface area contributed by atoms with Crippen LogP contribution < -0.4 is 5.56 Å². The molecule has 0 spiro atoms. The summed E-state index contributed by atoms with van der Waals surface area (Å²) >= 11 is 6.37. The second-order valence-electron chi connectivity index (χ2n) is 8.19. The van der Waals surface area contributed by atoms with Gasteiger partial charge in [0.25, 0.3) is 5.56 Å². The maximum atomic E-state index is 12.4. The van der Waals surface area contributed by atoms with Crippen molar-refractivity contribution < 1.29 is 5.11 Å². The first kappa shape index (κ1) is 18.0. The van der Waals surface area contributed by atoms with E-state index in [9.17, 15) is 9.90 Å². The normalized spacial score (nSPS) is 24.5. The zero-order valence-electron chi connectivity index (χ0n) is 15.9. The third-order valence-corrected chi connectivity index (χ3v) is 6.90. The Balaban J connectivity index is 1.48. The Morgan fingerprint density at radius 3 is 2.82 bits per heavy atom. The van der Waals surface area contributed by atoms with E-state index in [1.165, 1.54) is 16.6 Å². The highest BCUT2D eigenvalue weighted by Crippen LogP contribution is 2.41. The topological polar surface area (TPSA) is 61.3 Å². The van der Waals surface area contributed by atoms with Crippen molar-refractivity contribution in [3.8, 4) is 0 Å². The molecule has 5 rings (SSSR count). The number of aryl methyl sites for hydroxylation is 1. The number of nitrogens with zero attached hydrogens (tertiary/aromatic N) is 2. The Hall–Kier alpha value is -2.08. The number of hydrogen-bond donors (Lipinski definition) is 2. The molecule has 6 heteroatoms. The van der Waals surface area contributed by atoms with E-state index >= 15 is 0 Å². The van der Waals surface area contributed by atoms with Gasteiger partial charge in [-0.25, -0.2) is 0 Å². The van der Waals surface area contributed by atoms with Gasteiger partial charge in [0.05, 0.1) is 23.2 Å². The zero-order valence-corrected chi connectivity index (χ0v) is 16.6. The average molecular weight is 398 g/mol. The van der Waals surface area contributed by atoms with Gasteiger partial charge in [-0.3, -0.25) is 9.69 Å². The summed E-state index contributed by atoms with van der Waals surface area (Å²) < 4.78 is 1.84. The molecule has 2 N–H and O–H groups in total. The van der Waals surface area contributed by atoms with Crippen LogP contribution in [0.1, 0.15) is 35.3 Å². The molecule has 4 heterocycles. The number of rotatable bonds is 3. The van der Waals surface area contributed by atoms with E-state index in [2.05, 4.69) is 22.9 Å². The lowest BCUT2D eigenvalue weighted by atomic mass is 9.78. The molecule has 3 aromatic rings. The number of likely N-dealkylation sites (tertiary alicyclic amines) is 1. The summed E-state index contributed by atoms with van der Waals surface area (Å²) in [5.74, 6) is 0.605. The fraction of sp³-hybridized carbons (Fsp3) is 0.409. The molecule has 0 radical (unpaired) electrons. The molecular weight excluding hydrogens is 374 g/mol. The number of piperidine rings is 1. The van der Waals surface area contributed by atoms with Crippen molar-refractivity contribution in [1.82, 2.24) is 14.5 Å². The van der Waals surface area contributed by atoms with Crippen LogP contribution in [0, 0.1) is 12.8 Å². The van der Waals surface area contributed by atoms with E-state index in [1.807, 2.05) is 28.8 Å². The number of halogens is 1. The Labute approximate surface area is 168 Å². The second kappa shape index (κ2) is 6.76. The first-order valence-electron chi connectivity index (χ1n) is 9.87. The molecule has 1 saturated heterocycles. The third-order valence-electron chi connectivity index (χ3n) is 6.59. The van der Waals surface area contributed by atoms with Gasteiger partial charge in [-0.1, -0.05) is 29.8 Å². The molecule has 3 atom stereocenters. The predicted molar refractivity (Wildman–Crippen MR) is 111 cm³/mol. The van der Waals surface area contributed by atoms with E-state index in [0.29, 0.717) is 5.92 Å². The summed E-state index contributed by atoms with van der Waals surface area (Å²) in [6.45, 7) is 4.76. The minimum atomic E-state index is -0.138. The number of nitrogens with one attached hydrogen (secondary N) is 1. The molecule has 28 heavy (non-hydrogen) atoms. The number of aromatic nitrogens is 2. The lowest BCUT2D eigenvalue weighted by Crippen LogP contribution is -2.50. The molecule has 1 fully saturated rings. The Kier molecular flexibility index (Phi) is 4.34. The number of para-hydroxylation sites is 1. The molecule has 5 nitrogen and oxygen atoms in total. The fourth-order valence-electron chi connectivity index (χ4n) is 5.25. The Bertz CT molecular complexity index is 1100. The minimum absolute atomic E-state index is 0.000744. The summed E-state index contributed by atoms with van der Waals surface area (Å²) in [6.07, 6.45) is 1.03. The van der Waals surface area contributed by atoms with Crippen LogP contribution in [0.2, 0.25) is 5.02 Å². The SMILES string of the molecule is Cc1c(CN2C[C@H]3C[C@@H](C2)[C@H](CO)n2c3cccc2=O)[nH]c2c(Cl)cccc12. The van der Waals surface area contributed by atoms with Gasteiger partial charge in [-0.2, -0.15) is 0 Å². The smallest absolute Gasteiger partial charge is 0.251 e. The van der Waals surface area contributed by atoms with Crippen LogP contribution in [0.4, 0.5) is 0 Å². The highest BCUT2D eigenvalue weighted by molar-refractivity contribution is 6.35. The summed E-state index contributed by atoms with van der Waals surface area (Å²) in [7, 11) is 0. The lowest BCUT2D eigenvalue weighted by Gasteiger charge is -2.46. The van der Waals surface area contributed by atoms with E-state index in [0.717, 1.165) is 42.3 Å². The van der Waals surface area contributed by atoms with E-state index in [1.54, 1.807) is 6.07 Å². The standard InChI is InChI=1S/C22H24ClN3O2/c1-13-16-4-2-5-17(23)22(16)24-18(13)11-25-9-14-8-15(10-25)20(12-27)26-19(14)6-3-7-21(26)28/h2-7,14-15,20,24,27H,8-12H2,1H3/t14-,15+,20+/m1/s1. The molecule has 2 bridgehead atoms. The second-order valence-corrected chi connectivity index (χ2v) is 8.59. The van der Waals surface area contributed by atoms with Crippen molar-refractivity contribution in [3.63, 3.8) is 0 Å². The molecule has 1 aromatic carbocycles. The van der Waals surface area contributed by atoms with Crippen LogP contribution in [-0.4, -0.2) is 39.3 Å². The van der Waals surface area contributed by atoms with Crippen LogP contribution in [0.25, 0.3) is 10.9 Å². The van der Waals surface area contributed by atoms with Crippen LogP contribution in [-0.2, 0) is 6.54 Å². The summed E-state index contributed by atoms with van der Waals surface area (Å²) in [5, 5.41) is 11.9. The maximum Gasteiger partial charge on any atom is 0.251 e. The van der Waals surface area contributed by atoms with E-state index < -0.39 is 0 Å². The quantitative estimate of drug-likeness (QED) is 0.711. The minimum Gasteiger partial charge on any atom is -0.394 e. The van der Waals surface area contributed by atoms with Crippen molar-refractivity contribution in [3.05, 3.63) is 68.7 Å². The predicted octanol–water partition coefficient (Wildman–Crippen LogP) is 3.44. The Morgan fingerprint density at radius 1 is 1.21 bits per heavy atom. The molecule has 146 valence electrons. The lowest BCUT2D eigenvalue weighted by molar-refractivity contribution is 0.0575. The van der Waals surface area contributed by atoms with Gasteiger partial charge < -0.3 is 14.7 Å². The van der Waals surface area contributed by atoms with Gasteiger partial charge in [-0.15, -0.1) is 0 Å². The van der Waals surface area contributed by atoms with Crippen molar-refractivity contribution in [2.75, 3.05) is 19.7 Å². The molecule has 0 unspecified atom stereocenters.